The molecule has 0 unspecified atom stereocenters. The first-order valence-electron chi connectivity index (χ1n) is 6.49. The molecule has 0 fully saturated rings. The van der Waals surface area contributed by atoms with Gasteiger partial charge in [-0.05, 0) is 6.07 Å². The van der Waals surface area contributed by atoms with Crippen molar-refractivity contribution < 1.29 is 22.7 Å². The lowest BCUT2D eigenvalue weighted by Gasteiger charge is -2.13. The number of methoxy groups -OCH3 is 2. The van der Waals surface area contributed by atoms with E-state index in [0.717, 1.165) is 6.26 Å². The predicted molar refractivity (Wildman–Crippen MR) is 84.3 cm³/mol. The fraction of sp³-hybridized carbons (Fsp3) is 0.231. The van der Waals surface area contributed by atoms with Crippen molar-refractivity contribution in [3.8, 4) is 11.8 Å². The van der Waals surface area contributed by atoms with Crippen molar-refractivity contribution in [2.24, 2.45) is 5.73 Å². The predicted octanol–water partition coefficient (Wildman–Crippen LogP) is 0.135. The smallest absolute Gasteiger partial charge is 0.258 e. The van der Waals surface area contributed by atoms with Gasteiger partial charge in [0.25, 0.3) is 11.1 Å². The number of aromatic nitrogens is 3. The molecule has 0 aromatic carbocycles. The van der Waals surface area contributed by atoms with E-state index in [4.69, 9.17) is 15.2 Å². The standard InChI is InChI=1S/C13H15N5O5S/c1-22-8-5-4-7(6-15-8)16-11-9(10(14)19)12(23-2)18-13(17-11)24(3,20)21/h4-6H,1-3H3,(H2,14,19)(H,16,17,18). The Morgan fingerprint density at radius 1 is 1.21 bits per heavy atom. The van der Waals surface area contributed by atoms with E-state index < -0.39 is 20.9 Å². The number of nitrogens with zero attached hydrogens (tertiary/aromatic N) is 3. The molecule has 11 heteroatoms. The van der Waals surface area contributed by atoms with Crippen LogP contribution >= 0.6 is 0 Å². The summed E-state index contributed by atoms with van der Waals surface area (Å²) in [6.45, 7) is 0. The third-order valence-electron chi connectivity index (χ3n) is 2.83. The maximum Gasteiger partial charge on any atom is 0.258 e. The maximum absolute atomic E-state index is 11.7. The molecule has 0 saturated heterocycles. The highest BCUT2D eigenvalue weighted by Crippen LogP contribution is 2.27. The van der Waals surface area contributed by atoms with Crippen LogP contribution in [0.5, 0.6) is 11.8 Å². The Bertz CT molecular complexity index is 867. The summed E-state index contributed by atoms with van der Waals surface area (Å²) in [4.78, 5) is 23.3. The molecule has 0 spiro atoms. The van der Waals surface area contributed by atoms with E-state index in [1.54, 1.807) is 12.1 Å². The number of amides is 1. The highest BCUT2D eigenvalue weighted by atomic mass is 32.2. The fourth-order valence-electron chi connectivity index (χ4n) is 1.76. The van der Waals surface area contributed by atoms with E-state index in [2.05, 4.69) is 20.3 Å². The van der Waals surface area contributed by atoms with Gasteiger partial charge in [0.2, 0.25) is 21.6 Å². The summed E-state index contributed by atoms with van der Waals surface area (Å²) in [5.74, 6) is -0.854. The van der Waals surface area contributed by atoms with E-state index in [9.17, 15) is 13.2 Å². The second-order valence-electron chi connectivity index (χ2n) is 4.59. The number of carbonyl (C=O) groups is 1. The van der Waals surface area contributed by atoms with Gasteiger partial charge in [-0.3, -0.25) is 4.79 Å². The van der Waals surface area contributed by atoms with Gasteiger partial charge >= 0.3 is 0 Å². The molecule has 3 N–H and O–H groups in total. The molecular formula is C13H15N5O5S. The highest BCUT2D eigenvalue weighted by molar-refractivity contribution is 7.90. The number of primary amides is 1. The second-order valence-corrected chi connectivity index (χ2v) is 6.50. The van der Waals surface area contributed by atoms with Crippen molar-refractivity contribution in [1.29, 1.82) is 0 Å². The van der Waals surface area contributed by atoms with Crippen LogP contribution < -0.4 is 20.5 Å². The number of hydrogen-bond acceptors (Lipinski definition) is 9. The van der Waals surface area contributed by atoms with Crippen LogP contribution in [0, 0.1) is 0 Å². The zero-order chi connectivity index (χ0) is 17.9. The van der Waals surface area contributed by atoms with E-state index in [1.807, 2.05) is 0 Å². The van der Waals surface area contributed by atoms with Crippen LogP contribution in [-0.2, 0) is 9.84 Å². The van der Waals surface area contributed by atoms with Crippen LogP contribution in [0.4, 0.5) is 11.5 Å². The number of nitrogens with one attached hydrogen (secondary N) is 1. The SMILES string of the molecule is COc1ccc(Nc2nc(S(C)(=O)=O)nc(OC)c2C(N)=O)cn1. The number of hydrogen-bond donors (Lipinski definition) is 2. The molecule has 1 amide bonds. The number of anilines is 2. The van der Waals surface area contributed by atoms with Gasteiger partial charge in [-0.15, -0.1) is 0 Å². The topological polar surface area (TPSA) is 146 Å². The molecule has 0 atom stereocenters. The number of ether oxygens (including phenoxy) is 2. The van der Waals surface area contributed by atoms with Crippen LogP contribution in [0.3, 0.4) is 0 Å². The van der Waals surface area contributed by atoms with E-state index in [1.165, 1.54) is 20.4 Å². The monoisotopic (exact) mass is 353 g/mol. The molecule has 128 valence electrons. The van der Waals surface area contributed by atoms with Crippen molar-refractivity contribution in [3.05, 3.63) is 23.9 Å². The Hall–Kier alpha value is -2.95. The summed E-state index contributed by atoms with van der Waals surface area (Å²) < 4.78 is 33.3. The summed E-state index contributed by atoms with van der Waals surface area (Å²) in [6, 6.07) is 3.17. The summed E-state index contributed by atoms with van der Waals surface area (Å²) in [5.41, 5.74) is 5.57. The largest absolute Gasteiger partial charge is 0.481 e. The molecule has 24 heavy (non-hydrogen) atoms. The van der Waals surface area contributed by atoms with Gasteiger partial charge in [-0.1, -0.05) is 0 Å². The maximum atomic E-state index is 11.7. The lowest BCUT2D eigenvalue weighted by Crippen LogP contribution is -2.19. The van der Waals surface area contributed by atoms with Gasteiger partial charge in [0.15, 0.2) is 5.82 Å². The zero-order valence-electron chi connectivity index (χ0n) is 13.1. The highest BCUT2D eigenvalue weighted by Gasteiger charge is 2.24. The molecule has 0 aliphatic heterocycles. The Morgan fingerprint density at radius 2 is 1.92 bits per heavy atom. The normalized spacial score (nSPS) is 11.0. The molecule has 0 aliphatic carbocycles. The minimum absolute atomic E-state index is 0.109. The summed E-state index contributed by atoms with van der Waals surface area (Å²) >= 11 is 0. The van der Waals surface area contributed by atoms with Crippen LogP contribution in [0.25, 0.3) is 0 Å². The quantitative estimate of drug-likeness (QED) is 0.692. The number of rotatable bonds is 6. The zero-order valence-corrected chi connectivity index (χ0v) is 13.9. The van der Waals surface area contributed by atoms with Crippen LogP contribution in [0.1, 0.15) is 10.4 Å². The third kappa shape index (κ3) is 3.68. The van der Waals surface area contributed by atoms with Crippen molar-refractivity contribution in [1.82, 2.24) is 15.0 Å². The van der Waals surface area contributed by atoms with Gasteiger partial charge < -0.3 is 20.5 Å². The molecule has 2 rings (SSSR count). The average Bonchev–Trinajstić information content (AvgIpc) is 2.53. The Balaban J connectivity index is 2.58. The minimum atomic E-state index is -3.73. The number of pyridine rings is 1. The number of sulfone groups is 1. The van der Waals surface area contributed by atoms with Crippen LogP contribution in [-0.4, -0.2) is 49.8 Å². The summed E-state index contributed by atoms with van der Waals surface area (Å²) in [5, 5.41) is 2.27. The average molecular weight is 353 g/mol. The molecule has 10 nitrogen and oxygen atoms in total. The van der Waals surface area contributed by atoms with Gasteiger partial charge in [-0.2, -0.15) is 9.97 Å². The van der Waals surface area contributed by atoms with Gasteiger partial charge in [0.05, 0.1) is 26.1 Å². The molecule has 0 bridgehead atoms. The first-order chi connectivity index (χ1) is 11.3. The first kappa shape index (κ1) is 17.4. The fourth-order valence-corrected chi connectivity index (χ4v) is 2.26. The lowest BCUT2D eigenvalue weighted by atomic mass is 10.2. The van der Waals surface area contributed by atoms with Crippen molar-refractivity contribution in [3.63, 3.8) is 0 Å². The number of carbonyl (C=O) groups excluding carboxylic acids is 1. The van der Waals surface area contributed by atoms with Crippen molar-refractivity contribution >= 4 is 27.2 Å². The Morgan fingerprint density at radius 3 is 2.38 bits per heavy atom. The van der Waals surface area contributed by atoms with Gasteiger partial charge in [0.1, 0.15) is 5.56 Å². The summed E-state index contributed by atoms with van der Waals surface area (Å²) in [6.07, 6.45) is 2.35. The van der Waals surface area contributed by atoms with E-state index in [0.29, 0.717) is 11.6 Å². The number of nitrogens with two attached hydrogens (primary N) is 1. The van der Waals surface area contributed by atoms with Crippen molar-refractivity contribution in [2.75, 3.05) is 25.8 Å². The molecule has 2 heterocycles. The Labute approximate surface area is 138 Å². The molecule has 2 aromatic heterocycles. The Kier molecular flexibility index (Phi) is 4.83. The minimum Gasteiger partial charge on any atom is -0.481 e. The lowest BCUT2D eigenvalue weighted by molar-refractivity contribution is 0.0997. The molecule has 2 aromatic rings. The second kappa shape index (κ2) is 6.66. The van der Waals surface area contributed by atoms with Crippen LogP contribution in [0.2, 0.25) is 0 Å². The van der Waals surface area contributed by atoms with Gasteiger partial charge in [-0.25, -0.2) is 13.4 Å². The van der Waals surface area contributed by atoms with E-state index >= 15 is 0 Å². The van der Waals surface area contributed by atoms with E-state index in [-0.39, 0.29) is 17.3 Å². The third-order valence-corrected chi connectivity index (χ3v) is 3.68. The molecule has 0 saturated carbocycles. The summed E-state index contributed by atoms with van der Waals surface area (Å²) in [7, 11) is -1.03. The van der Waals surface area contributed by atoms with Crippen molar-refractivity contribution in [2.45, 2.75) is 5.16 Å². The molecule has 0 radical (unpaired) electrons. The van der Waals surface area contributed by atoms with Crippen LogP contribution in [0.15, 0.2) is 23.5 Å². The molecular weight excluding hydrogens is 338 g/mol. The molecule has 0 aliphatic rings. The first-order valence-corrected chi connectivity index (χ1v) is 8.38. The van der Waals surface area contributed by atoms with Gasteiger partial charge in [0, 0.05) is 12.3 Å².